The summed E-state index contributed by atoms with van der Waals surface area (Å²) in [6.45, 7) is 2.83. The molecule has 1 saturated carbocycles. The van der Waals surface area contributed by atoms with Crippen LogP contribution in [-0.2, 0) is 23.7 Å². The molecule has 0 saturated heterocycles. The summed E-state index contributed by atoms with van der Waals surface area (Å²) in [5.74, 6) is 8.17. The molecule has 3 N–H and O–H groups in total. The molecule has 2 aliphatic carbocycles. The second kappa shape index (κ2) is 18.2. The number of aliphatic hydroxyl groups is 2. The molecule has 11 heteroatoms. The van der Waals surface area contributed by atoms with Crippen LogP contribution in [0.25, 0.3) is 0 Å². The number of carbonyl (C=O) groups excluding carboxylic acids is 2. The van der Waals surface area contributed by atoms with Crippen LogP contribution in [0, 0.1) is 29.6 Å². The topological polar surface area (TPSA) is 136 Å². The maximum absolute atomic E-state index is 11.8. The first-order chi connectivity index (χ1) is 17.2. The van der Waals surface area contributed by atoms with Crippen LogP contribution in [0.1, 0.15) is 25.7 Å². The quantitative estimate of drug-likeness (QED) is 0.183. The van der Waals surface area contributed by atoms with Crippen molar-refractivity contribution in [3.05, 3.63) is 0 Å². The number of ether oxygens (including phenoxy) is 5. The van der Waals surface area contributed by atoms with Crippen molar-refractivity contribution in [1.82, 2.24) is 10.2 Å². The fourth-order valence-corrected chi connectivity index (χ4v) is 4.09. The van der Waals surface area contributed by atoms with Crippen LogP contribution in [0.3, 0.4) is 0 Å². The van der Waals surface area contributed by atoms with Gasteiger partial charge in [0.05, 0.1) is 59.5 Å². The molecular formula is C24H40N2O9. The second-order valence-corrected chi connectivity index (χ2v) is 8.33. The highest BCUT2D eigenvalue weighted by atomic mass is 16.6. The Labute approximate surface area is 207 Å². The van der Waals surface area contributed by atoms with Crippen molar-refractivity contribution < 1.29 is 43.5 Å². The molecule has 0 heterocycles. The van der Waals surface area contributed by atoms with Crippen LogP contribution < -0.4 is 5.32 Å². The first-order valence-corrected chi connectivity index (χ1v) is 12.4. The first-order valence-electron chi connectivity index (χ1n) is 12.4. The van der Waals surface area contributed by atoms with Crippen molar-refractivity contribution in [2.75, 3.05) is 85.7 Å². The fraction of sp³-hybridized carbons (Fsp3) is 0.833. The number of hydrogen-bond donors (Lipinski definition) is 3. The lowest BCUT2D eigenvalue weighted by Crippen LogP contribution is -2.36. The zero-order chi connectivity index (χ0) is 25.1. The standard InChI is InChI=1S/C24H40N2O9/c27-10-8-26(9-11-28)24(30)34-18-17-33-16-15-32-14-13-31-12-7-25-23(29)35-19-22-20-5-3-1-2-4-6-21(20)22/h20-22,27-28H,3-19H2,(H,25,29)/t20-,21+,22?. The summed E-state index contributed by atoms with van der Waals surface area (Å²) in [5, 5.41) is 20.5. The van der Waals surface area contributed by atoms with Gasteiger partial charge in [-0.25, -0.2) is 9.59 Å². The largest absolute Gasteiger partial charge is 0.449 e. The summed E-state index contributed by atoms with van der Waals surface area (Å²) in [6.07, 6.45) is 3.12. The van der Waals surface area contributed by atoms with Gasteiger partial charge in [-0.1, -0.05) is 0 Å². The number of aliphatic hydroxyl groups excluding tert-OH is 2. The van der Waals surface area contributed by atoms with Gasteiger partial charge in [0, 0.05) is 32.5 Å². The first kappa shape index (κ1) is 29.1. The molecule has 11 nitrogen and oxygen atoms in total. The number of nitrogens with zero attached hydrogens (tertiary/aromatic N) is 1. The summed E-state index contributed by atoms with van der Waals surface area (Å²) < 4.78 is 26.5. The van der Waals surface area contributed by atoms with E-state index in [1.165, 1.54) is 4.90 Å². The van der Waals surface area contributed by atoms with E-state index in [4.69, 9.17) is 33.9 Å². The Balaban J connectivity index is 1.32. The predicted octanol–water partition coefficient (Wildman–Crippen LogP) is 0.625. The summed E-state index contributed by atoms with van der Waals surface area (Å²) in [6, 6.07) is 0. The molecule has 0 bridgehead atoms. The molecule has 0 aromatic carbocycles. The van der Waals surface area contributed by atoms with E-state index < -0.39 is 12.2 Å². The molecule has 1 fully saturated rings. The fourth-order valence-electron chi connectivity index (χ4n) is 4.09. The van der Waals surface area contributed by atoms with Crippen LogP contribution in [0.4, 0.5) is 9.59 Å². The van der Waals surface area contributed by atoms with Gasteiger partial charge in [0.25, 0.3) is 0 Å². The maximum Gasteiger partial charge on any atom is 0.409 e. The van der Waals surface area contributed by atoms with Gasteiger partial charge in [0.1, 0.15) is 6.61 Å². The molecule has 0 aliphatic heterocycles. The number of fused-ring (bicyclic) bond motifs is 1. The minimum absolute atomic E-state index is 0.0709. The summed E-state index contributed by atoms with van der Waals surface area (Å²) in [5.41, 5.74) is 0. The van der Waals surface area contributed by atoms with E-state index in [2.05, 4.69) is 17.2 Å². The smallest absolute Gasteiger partial charge is 0.409 e. The third-order valence-electron chi connectivity index (χ3n) is 5.96. The lowest BCUT2D eigenvalue weighted by molar-refractivity contribution is 0.00269. The minimum Gasteiger partial charge on any atom is -0.449 e. The van der Waals surface area contributed by atoms with Crippen molar-refractivity contribution in [3.63, 3.8) is 0 Å². The molecule has 35 heavy (non-hydrogen) atoms. The molecule has 0 aromatic rings. The molecule has 3 atom stereocenters. The molecule has 0 spiro atoms. The van der Waals surface area contributed by atoms with Gasteiger partial charge in [0.15, 0.2) is 0 Å². The lowest BCUT2D eigenvalue weighted by Gasteiger charge is -2.19. The molecule has 2 rings (SSSR count). The van der Waals surface area contributed by atoms with Crippen LogP contribution in [0.15, 0.2) is 0 Å². The maximum atomic E-state index is 11.8. The molecule has 200 valence electrons. The van der Waals surface area contributed by atoms with Crippen molar-refractivity contribution in [2.45, 2.75) is 25.7 Å². The summed E-state index contributed by atoms with van der Waals surface area (Å²) in [4.78, 5) is 24.8. The van der Waals surface area contributed by atoms with E-state index >= 15 is 0 Å². The minimum atomic E-state index is -0.602. The Bertz CT molecular complexity index is 643. The lowest BCUT2D eigenvalue weighted by atomic mass is 10.1. The average Bonchev–Trinajstić information content (AvgIpc) is 3.49. The van der Waals surface area contributed by atoms with Crippen molar-refractivity contribution >= 4 is 12.2 Å². The van der Waals surface area contributed by atoms with Crippen LogP contribution in [-0.4, -0.2) is 113 Å². The number of alkyl carbamates (subject to hydrolysis) is 1. The Morgan fingerprint density at radius 1 is 0.800 bits per heavy atom. The zero-order valence-corrected chi connectivity index (χ0v) is 20.5. The van der Waals surface area contributed by atoms with Crippen molar-refractivity contribution in [3.8, 4) is 11.8 Å². The van der Waals surface area contributed by atoms with Crippen LogP contribution >= 0.6 is 0 Å². The third-order valence-corrected chi connectivity index (χ3v) is 5.96. The van der Waals surface area contributed by atoms with Crippen molar-refractivity contribution in [2.24, 2.45) is 17.8 Å². The van der Waals surface area contributed by atoms with Crippen LogP contribution in [0.2, 0.25) is 0 Å². The van der Waals surface area contributed by atoms with Gasteiger partial charge in [-0.2, -0.15) is 0 Å². The number of hydrogen-bond acceptors (Lipinski definition) is 9. The predicted molar refractivity (Wildman–Crippen MR) is 126 cm³/mol. The van der Waals surface area contributed by atoms with Gasteiger partial charge < -0.3 is 44.1 Å². The number of carbonyl (C=O) groups is 2. The van der Waals surface area contributed by atoms with Gasteiger partial charge in [-0.05, 0) is 30.6 Å². The summed E-state index contributed by atoms with van der Waals surface area (Å²) in [7, 11) is 0. The monoisotopic (exact) mass is 500 g/mol. The average molecular weight is 501 g/mol. The Morgan fingerprint density at radius 3 is 1.91 bits per heavy atom. The van der Waals surface area contributed by atoms with Crippen LogP contribution in [0.5, 0.6) is 0 Å². The Morgan fingerprint density at radius 2 is 1.34 bits per heavy atom. The molecule has 1 unspecified atom stereocenters. The van der Waals surface area contributed by atoms with Gasteiger partial charge >= 0.3 is 12.2 Å². The highest BCUT2D eigenvalue weighted by Crippen LogP contribution is 2.52. The second-order valence-electron chi connectivity index (χ2n) is 8.33. The van der Waals surface area contributed by atoms with E-state index in [1.54, 1.807) is 0 Å². The molecule has 0 radical (unpaired) electrons. The third kappa shape index (κ3) is 12.4. The summed E-state index contributed by atoms with van der Waals surface area (Å²) >= 11 is 0. The number of amides is 2. The highest BCUT2D eigenvalue weighted by Gasteiger charge is 2.49. The van der Waals surface area contributed by atoms with Gasteiger partial charge in [0.2, 0.25) is 0 Å². The Kier molecular flexibility index (Phi) is 15.2. The molecule has 0 aromatic heterocycles. The Hall–Kier alpha value is -2.10. The number of nitrogens with one attached hydrogen (secondary N) is 1. The van der Waals surface area contributed by atoms with E-state index in [0.29, 0.717) is 63.9 Å². The van der Waals surface area contributed by atoms with E-state index in [9.17, 15) is 9.59 Å². The van der Waals surface area contributed by atoms with Crippen molar-refractivity contribution in [1.29, 1.82) is 0 Å². The van der Waals surface area contributed by atoms with Gasteiger partial charge in [-0.15, -0.1) is 11.8 Å². The highest BCUT2D eigenvalue weighted by molar-refractivity contribution is 5.67. The zero-order valence-electron chi connectivity index (χ0n) is 20.5. The van der Waals surface area contributed by atoms with E-state index in [1.807, 2.05) is 0 Å². The molecule has 2 amide bonds. The molecular weight excluding hydrogens is 460 g/mol. The molecule has 2 aliphatic rings. The van der Waals surface area contributed by atoms with E-state index in [0.717, 1.165) is 25.7 Å². The van der Waals surface area contributed by atoms with Gasteiger partial charge in [-0.3, -0.25) is 0 Å². The SMILES string of the molecule is O=C(NCCOCCOCCOCCOC(=O)N(CCO)CCO)OCC1[C@H]2CCC#CCC[C@@H]12. The normalized spacial score (nSPS) is 20.5. The van der Waals surface area contributed by atoms with E-state index in [-0.39, 0.29) is 39.5 Å². The number of rotatable bonds is 18.